The number of pyridine rings is 1. The smallest absolute Gasteiger partial charge is 0.312 e. The molecule has 2 aromatic rings. The summed E-state index contributed by atoms with van der Waals surface area (Å²) in [4.78, 5) is 19.3. The van der Waals surface area contributed by atoms with Crippen LogP contribution in [0.4, 0.5) is 11.5 Å². The van der Waals surface area contributed by atoms with Crippen LogP contribution in [0.5, 0.6) is 0 Å². The summed E-state index contributed by atoms with van der Waals surface area (Å²) in [6.45, 7) is 4.77. The van der Waals surface area contributed by atoms with Gasteiger partial charge in [0.1, 0.15) is 11.6 Å². The molecule has 0 bridgehead atoms. The predicted octanol–water partition coefficient (Wildman–Crippen LogP) is 2.56. The zero-order valence-electron chi connectivity index (χ0n) is 11.5. The number of anilines is 1. The van der Waals surface area contributed by atoms with Crippen LogP contribution in [0.2, 0.25) is 0 Å². The number of aryl methyl sites for hydroxylation is 1. The van der Waals surface area contributed by atoms with Gasteiger partial charge >= 0.3 is 5.69 Å². The maximum Gasteiger partial charge on any atom is 0.312 e. The number of nitrogens with one attached hydrogen (secondary N) is 1. The zero-order chi connectivity index (χ0) is 14.5. The van der Waals surface area contributed by atoms with Crippen LogP contribution < -0.4 is 5.32 Å². The van der Waals surface area contributed by atoms with Crippen LogP contribution in [-0.2, 0) is 6.42 Å². The highest BCUT2D eigenvalue weighted by Gasteiger charge is 2.19. The van der Waals surface area contributed by atoms with Gasteiger partial charge in [-0.15, -0.1) is 0 Å². The summed E-state index contributed by atoms with van der Waals surface area (Å²) in [7, 11) is 0. The monoisotopic (exact) mass is 275 g/mol. The standard InChI is InChI=1S/C13H17N5O2/c1-3-7-14-11-6-5-10(18(19)20)13(16-11)17-9-8-15-12(17)4-2/h5-6,8-9H,3-4,7H2,1-2H3,(H,14,16). The summed E-state index contributed by atoms with van der Waals surface area (Å²) >= 11 is 0. The minimum Gasteiger partial charge on any atom is -0.370 e. The third-order valence-electron chi connectivity index (χ3n) is 2.87. The molecule has 0 amide bonds. The van der Waals surface area contributed by atoms with E-state index in [2.05, 4.69) is 15.3 Å². The number of hydrogen-bond donors (Lipinski definition) is 1. The molecule has 106 valence electrons. The molecule has 0 aliphatic carbocycles. The molecular formula is C13H17N5O2. The van der Waals surface area contributed by atoms with Crippen molar-refractivity contribution in [2.75, 3.05) is 11.9 Å². The molecule has 0 spiro atoms. The average Bonchev–Trinajstić information content (AvgIpc) is 2.92. The zero-order valence-corrected chi connectivity index (χ0v) is 11.5. The minimum atomic E-state index is -0.425. The number of nitro groups is 1. The molecule has 7 heteroatoms. The third kappa shape index (κ3) is 2.76. The van der Waals surface area contributed by atoms with Gasteiger partial charge in [-0.25, -0.2) is 9.97 Å². The lowest BCUT2D eigenvalue weighted by molar-refractivity contribution is -0.384. The Labute approximate surface area is 116 Å². The predicted molar refractivity (Wildman–Crippen MR) is 76.2 cm³/mol. The van der Waals surface area contributed by atoms with Crippen LogP contribution in [0.15, 0.2) is 24.5 Å². The fourth-order valence-electron chi connectivity index (χ4n) is 1.90. The Morgan fingerprint density at radius 3 is 2.85 bits per heavy atom. The maximum atomic E-state index is 11.2. The number of imidazole rings is 1. The van der Waals surface area contributed by atoms with Crippen LogP contribution in [-0.4, -0.2) is 26.0 Å². The number of nitrogens with zero attached hydrogens (tertiary/aromatic N) is 4. The lowest BCUT2D eigenvalue weighted by Gasteiger charge is -2.09. The molecule has 0 aliphatic rings. The SMILES string of the molecule is CCCNc1ccc([N+](=O)[O-])c(-n2ccnc2CC)n1. The molecular weight excluding hydrogens is 258 g/mol. The van der Waals surface area contributed by atoms with Gasteiger partial charge in [-0.05, 0) is 12.5 Å². The van der Waals surface area contributed by atoms with Gasteiger partial charge in [0, 0.05) is 31.4 Å². The van der Waals surface area contributed by atoms with Crippen LogP contribution in [0.3, 0.4) is 0 Å². The van der Waals surface area contributed by atoms with Crippen molar-refractivity contribution in [1.82, 2.24) is 14.5 Å². The minimum absolute atomic E-state index is 0.0280. The second-order valence-corrected chi connectivity index (χ2v) is 4.29. The van der Waals surface area contributed by atoms with Gasteiger partial charge in [0.05, 0.1) is 4.92 Å². The average molecular weight is 275 g/mol. The third-order valence-corrected chi connectivity index (χ3v) is 2.87. The number of hydrogen-bond acceptors (Lipinski definition) is 5. The summed E-state index contributed by atoms with van der Waals surface area (Å²) in [6, 6.07) is 3.10. The summed E-state index contributed by atoms with van der Waals surface area (Å²) in [6.07, 6.45) is 4.95. The fourth-order valence-corrected chi connectivity index (χ4v) is 1.90. The Bertz CT molecular complexity index is 609. The van der Waals surface area contributed by atoms with Crippen molar-refractivity contribution in [3.8, 4) is 5.82 Å². The molecule has 7 nitrogen and oxygen atoms in total. The summed E-state index contributed by atoms with van der Waals surface area (Å²) in [5, 5.41) is 14.3. The number of rotatable bonds is 6. The van der Waals surface area contributed by atoms with E-state index in [9.17, 15) is 10.1 Å². The van der Waals surface area contributed by atoms with Gasteiger partial charge in [0.2, 0.25) is 5.82 Å². The Hall–Kier alpha value is -2.44. The molecule has 2 aromatic heterocycles. The number of aromatic nitrogens is 3. The second kappa shape index (κ2) is 6.14. The topological polar surface area (TPSA) is 85.9 Å². The van der Waals surface area contributed by atoms with E-state index in [0.717, 1.165) is 18.8 Å². The van der Waals surface area contributed by atoms with Gasteiger partial charge < -0.3 is 5.32 Å². The van der Waals surface area contributed by atoms with Gasteiger partial charge in [0.15, 0.2) is 0 Å². The first-order valence-corrected chi connectivity index (χ1v) is 6.59. The van der Waals surface area contributed by atoms with E-state index in [1.165, 1.54) is 6.07 Å². The molecule has 0 radical (unpaired) electrons. The molecule has 20 heavy (non-hydrogen) atoms. The van der Waals surface area contributed by atoms with E-state index in [0.29, 0.717) is 18.1 Å². The lowest BCUT2D eigenvalue weighted by atomic mass is 10.3. The van der Waals surface area contributed by atoms with Gasteiger partial charge in [0.25, 0.3) is 0 Å². The maximum absolute atomic E-state index is 11.2. The van der Waals surface area contributed by atoms with Crippen molar-refractivity contribution in [3.05, 3.63) is 40.5 Å². The van der Waals surface area contributed by atoms with Gasteiger partial charge in [-0.3, -0.25) is 14.7 Å². The van der Waals surface area contributed by atoms with Crippen molar-refractivity contribution in [3.63, 3.8) is 0 Å². The molecule has 2 rings (SSSR count). The second-order valence-electron chi connectivity index (χ2n) is 4.29. The highest BCUT2D eigenvalue weighted by molar-refractivity contribution is 5.53. The fraction of sp³-hybridized carbons (Fsp3) is 0.385. The molecule has 0 unspecified atom stereocenters. The van der Waals surface area contributed by atoms with Crippen LogP contribution in [0.25, 0.3) is 5.82 Å². The molecule has 1 N–H and O–H groups in total. The molecule has 2 heterocycles. The Morgan fingerprint density at radius 2 is 2.20 bits per heavy atom. The van der Waals surface area contributed by atoms with Crippen LogP contribution in [0, 0.1) is 10.1 Å². The largest absolute Gasteiger partial charge is 0.370 e. The Morgan fingerprint density at radius 1 is 1.40 bits per heavy atom. The van der Waals surface area contributed by atoms with Crippen molar-refractivity contribution in [2.24, 2.45) is 0 Å². The molecule has 0 aliphatic heterocycles. The highest BCUT2D eigenvalue weighted by atomic mass is 16.6. The molecule has 0 atom stereocenters. The summed E-state index contributed by atoms with van der Waals surface area (Å²) < 4.78 is 1.66. The Balaban J connectivity index is 2.49. The first-order chi connectivity index (χ1) is 9.67. The quantitative estimate of drug-likeness (QED) is 0.646. The first kappa shape index (κ1) is 14.0. The van der Waals surface area contributed by atoms with Crippen molar-refractivity contribution >= 4 is 11.5 Å². The van der Waals surface area contributed by atoms with Crippen molar-refractivity contribution in [2.45, 2.75) is 26.7 Å². The van der Waals surface area contributed by atoms with E-state index in [-0.39, 0.29) is 5.69 Å². The molecule has 0 aromatic carbocycles. The molecule has 0 saturated heterocycles. The normalized spacial score (nSPS) is 10.5. The van der Waals surface area contributed by atoms with E-state index in [1.54, 1.807) is 23.0 Å². The van der Waals surface area contributed by atoms with E-state index < -0.39 is 4.92 Å². The van der Waals surface area contributed by atoms with E-state index in [4.69, 9.17) is 0 Å². The Kier molecular flexibility index (Phi) is 4.29. The van der Waals surface area contributed by atoms with Crippen molar-refractivity contribution < 1.29 is 4.92 Å². The lowest BCUT2D eigenvalue weighted by Crippen LogP contribution is -2.09. The van der Waals surface area contributed by atoms with E-state index >= 15 is 0 Å². The van der Waals surface area contributed by atoms with E-state index in [1.807, 2.05) is 13.8 Å². The summed E-state index contributed by atoms with van der Waals surface area (Å²) in [5.41, 5.74) is -0.0280. The molecule has 0 fully saturated rings. The first-order valence-electron chi connectivity index (χ1n) is 6.59. The molecule has 0 saturated carbocycles. The van der Waals surface area contributed by atoms with Gasteiger partial charge in [-0.1, -0.05) is 13.8 Å². The summed E-state index contributed by atoms with van der Waals surface area (Å²) in [5.74, 6) is 1.67. The van der Waals surface area contributed by atoms with Crippen molar-refractivity contribution in [1.29, 1.82) is 0 Å². The van der Waals surface area contributed by atoms with Crippen LogP contribution in [0.1, 0.15) is 26.1 Å². The van der Waals surface area contributed by atoms with Crippen LogP contribution >= 0.6 is 0 Å². The van der Waals surface area contributed by atoms with Gasteiger partial charge in [-0.2, -0.15) is 0 Å². The highest BCUT2D eigenvalue weighted by Crippen LogP contribution is 2.24.